The maximum Gasteiger partial charge on any atom is 0.281 e. The molecule has 1 heterocycles. The highest BCUT2D eigenvalue weighted by atomic mass is 16.8. The summed E-state index contributed by atoms with van der Waals surface area (Å²) in [5, 5.41) is 1.95. The van der Waals surface area contributed by atoms with Gasteiger partial charge in [0.05, 0.1) is 7.11 Å². The summed E-state index contributed by atoms with van der Waals surface area (Å²) >= 11 is 0. The van der Waals surface area contributed by atoms with Crippen LogP contribution in [0.2, 0.25) is 0 Å². The molecule has 2 aromatic carbocycles. The van der Waals surface area contributed by atoms with Crippen LogP contribution in [-0.4, -0.2) is 35.3 Å². The van der Waals surface area contributed by atoms with Gasteiger partial charge in [0.25, 0.3) is 6.29 Å². The molecule has 0 spiro atoms. The lowest BCUT2D eigenvalue weighted by atomic mass is 9.82. The Morgan fingerprint density at radius 3 is 2.17 bits per heavy atom. The summed E-state index contributed by atoms with van der Waals surface area (Å²) in [4.78, 5) is 19.7. The molecule has 0 amide bonds. The highest BCUT2D eigenvalue weighted by Crippen LogP contribution is 2.39. The normalized spacial score (nSPS) is 19.3. The van der Waals surface area contributed by atoms with E-state index in [0.29, 0.717) is 17.1 Å². The number of carbonyl (C=O) groups is 1. The third kappa shape index (κ3) is 4.98. The molecule has 5 heteroatoms. The predicted octanol–water partition coefficient (Wildman–Crippen LogP) is 5.26. The van der Waals surface area contributed by atoms with Crippen LogP contribution in [-0.2, 0) is 4.84 Å². The molecular weight excluding hydrogens is 366 g/mol. The number of para-hydroxylation sites is 1. The van der Waals surface area contributed by atoms with Crippen LogP contribution < -0.4 is 9.47 Å². The van der Waals surface area contributed by atoms with Crippen LogP contribution in [0.1, 0.15) is 57.3 Å². The summed E-state index contributed by atoms with van der Waals surface area (Å²) in [7, 11) is 1.58. The van der Waals surface area contributed by atoms with E-state index in [4.69, 9.17) is 14.3 Å². The summed E-state index contributed by atoms with van der Waals surface area (Å²) in [5.74, 6) is 0.958. The lowest BCUT2D eigenvalue weighted by Crippen LogP contribution is -2.60. The van der Waals surface area contributed by atoms with E-state index >= 15 is 0 Å². The second-order valence-corrected chi connectivity index (χ2v) is 8.74. The molecule has 0 saturated carbocycles. The van der Waals surface area contributed by atoms with Crippen LogP contribution in [0.3, 0.4) is 0 Å². The van der Waals surface area contributed by atoms with Crippen LogP contribution in [0.4, 0.5) is 0 Å². The number of nitrogens with zero attached hydrogens (tertiary/aromatic N) is 1. The van der Waals surface area contributed by atoms with Crippen molar-refractivity contribution in [2.45, 2.75) is 64.3 Å². The topological polar surface area (TPSA) is 48.0 Å². The van der Waals surface area contributed by atoms with Crippen LogP contribution in [0.25, 0.3) is 0 Å². The van der Waals surface area contributed by atoms with Gasteiger partial charge in [-0.25, -0.2) is 4.84 Å². The van der Waals surface area contributed by atoms with Crippen molar-refractivity contribution < 1.29 is 19.1 Å². The van der Waals surface area contributed by atoms with Crippen molar-refractivity contribution in [2.24, 2.45) is 0 Å². The van der Waals surface area contributed by atoms with Gasteiger partial charge in [-0.15, -0.1) is 0 Å². The first-order chi connectivity index (χ1) is 13.7. The van der Waals surface area contributed by atoms with Gasteiger partial charge in [-0.1, -0.05) is 30.3 Å². The summed E-state index contributed by atoms with van der Waals surface area (Å²) in [5.41, 5.74) is 0.0570. The molecule has 2 aromatic rings. The van der Waals surface area contributed by atoms with E-state index < -0.39 is 6.29 Å². The third-order valence-electron chi connectivity index (χ3n) is 5.43. The monoisotopic (exact) mass is 397 g/mol. The summed E-state index contributed by atoms with van der Waals surface area (Å²) < 4.78 is 11.3. The number of benzene rings is 2. The van der Waals surface area contributed by atoms with E-state index in [0.717, 1.165) is 19.3 Å². The van der Waals surface area contributed by atoms with Crippen LogP contribution in [0.15, 0.2) is 54.6 Å². The largest absolute Gasteiger partial charge is 0.497 e. The highest BCUT2D eigenvalue weighted by molar-refractivity contribution is 5.99. The number of Topliss-reactive ketones (excluding diaryl/α,β-unsaturated/α-hetero) is 1. The van der Waals surface area contributed by atoms with Crippen molar-refractivity contribution in [1.82, 2.24) is 5.06 Å². The molecule has 1 aliphatic rings. The van der Waals surface area contributed by atoms with Crippen molar-refractivity contribution in [1.29, 1.82) is 0 Å². The van der Waals surface area contributed by atoms with Gasteiger partial charge >= 0.3 is 0 Å². The Hall–Kier alpha value is -2.37. The van der Waals surface area contributed by atoms with Gasteiger partial charge in [-0.05, 0) is 71.2 Å². The zero-order valence-corrected chi connectivity index (χ0v) is 18.0. The second kappa shape index (κ2) is 8.56. The zero-order chi connectivity index (χ0) is 21.1. The van der Waals surface area contributed by atoms with Crippen molar-refractivity contribution in [2.75, 3.05) is 7.11 Å². The van der Waals surface area contributed by atoms with Crippen molar-refractivity contribution >= 4 is 5.78 Å². The SMILES string of the molecule is COc1cccc(C(=O)C(Oc2ccccc2)ON2C(C)(C)CCCC2(C)C)c1. The number of hydrogen-bond acceptors (Lipinski definition) is 5. The first kappa shape index (κ1) is 21.3. The number of hydroxylamine groups is 2. The summed E-state index contributed by atoms with van der Waals surface area (Å²) in [6.07, 6.45) is 2.00. The van der Waals surface area contributed by atoms with Gasteiger partial charge < -0.3 is 9.47 Å². The molecule has 29 heavy (non-hydrogen) atoms. The Labute approximate surface area is 173 Å². The quantitative estimate of drug-likeness (QED) is 0.471. The molecule has 0 aliphatic carbocycles. The average Bonchev–Trinajstić information content (AvgIpc) is 2.69. The molecule has 0 bridgehead atoms. The van der Waals surface area contributed by atoms with Crippen molar-refractivity contribution in [3.05, 3.63) is 60.2 Å². The fraction of sp³-hybridized carbons (Fsp3) is 0.458. The van der Waals surface area contributed by atoms with Gasteiger partial charge in [-0.2, -0.15) is 5.06 Å². The minimum Gasteiger partial charge on any atom is -0.497 e. The van der Waals surface area contributed by atoms with E-state index in [1.54, 1.807) is 25.3 Å². The summed E-state index contributed by atoms with van der Waals surface area (Å²) in [6.45, 7) is 8.57. The molecule has 1 fully saturated rings. The number of piperidine rings is 1. The first-order valence-electron chi connectivity index (χ1n) is 10.1. The molecule has 1 atom stereocenters. The van der Waals surface area contributed by atoms with Gasteiger partial charge in [0, 0.05) is 16.6 Å². The Morgan fingerprint density at radius 1 is 0.931 bits per heavy atom. The van der Waals surface area contributed by atoms with Gasteiger partial charge in [0.15, 0.2) is 0 Å². The number of rotatable bonds is 7. The predicted molar refractivity (Wildman–Crippen MR) is 113 cm³/mol. The smallest absolute Gasteiger partial charge is 0.281 e. The van der Waals surface area contributed by atoms with Crippen LogP contribution in [0.5, 0.6) is 11.5 Å². The van der Waals surface area contributed by atoms with E-state index in [-0.39, 0.29) is 16.9 Å². The molecular formula is C24H31NO4. The molecule has 0 N–H and O–H groups in total. The van der Waals surface area contributed by atoms with E-state index in [2.05, 4.69) is 27.7 Å². The number of hydrogen-bond donors (Lipinski definition) is 0. The molecule has 0 aromatic heterocycles. The molecule has 3 rings (SSSR count). The first-order valence-corrected chi connectivity index (χ1v) is 10.1. The average molecular weight is 398 g/mol. The van der Waals surface area contributed by atoms with Crippen molar-refractivity contribution in [3.63, 3.8) is 0 Å². The Kier molecular flexibility index (Phi) is 6.30. The van der Waals surface area contributed by atoms with Gasteiger partial charge in [0.1, 0.15) is 11.5 Å². The fourth-order valence-electron chi connectivity index (χ4n) is 4.02. The maximum atomic E-state index is 13.4. The molecule has 5 nitrogen and oxygen atoms in total. The molecule has 0 radical (unpaired) electrons. The molecule has 1 unspecified atom stereocenters. The Balaban J connectivity index is 1.93. The minimum absolute atomic E-state index is 0.214. The Morgan fingerprint density at radius 2 is 1.55 bits per heavy atom. The van der Waals surface area contributed by atoms with Crippen molar-refractivity contribution in [3.8, 4) is 11.5 Å². The summed E-state index contributed by atoms with van der Waals surface area (Å²) in [6, 6.07) is 16.4. The number of ketones is 1. The van der Waals surface area contributed by atoms with Crippen LogP contribution >= 0.6 is 0 Å². The standard InChI is InChI=1S/C24H31NO4/c1-23(2)15-10-16-24(3,4)25(23)29-22(28-19-12-7-6-8-13-19)21(26)18-11-9-14-20(17-18)27-5/h6-9,11-14,17,22H,10,15-16H2,1-5H3. The van der Waals surface area contributed by atoms with Gasteiger partial charge in [0.2, 0.25) is 5.78 Å². The van der Waals surface area contributed by atoms with E-state index in [1.807, 2.05) is 41.5 Å². The molecule has 156 valence electrons. The number of carbonyl (C=O) groups excluding carboxylic acids is 1. The molecule has 1 saturated heterocycles. The van der Waals surface area contributed by atoms with E-state index in [9.17, 15) is 4.79 Å². The van der Waals surface area contributed by atoms with Gasteiger partial charge in [-0.3, -0.25) is 4.79 Å². The maximum absolute atomic E-state index is 13.4. The second-order valence-electron chi connectivity index (χ2n) is 8.74. The lowest BCUT2D eigenvalue weighted by molar-refractivity contribution is -0.323. The van der Waals surface area contributed by atoms with E-state index in [1.165, 1.54) is 0 Å². The minimum atomic E-state index is -1.10. The zero-order valence-electron chi connectivity index (χ0n) is 18.0. The van der Waals surface area contributed by atoms with Crippen LogP contribution in [0, 0.1) is 0 Å². The molecule has 1 aliphatic heterocycles. The fourth-order valence-corrected chi connectivity index (χ4v) is 4.02. The Bertz CT molecular complexity index is 816. The lowest BCUT2D eigenvalue weighted by Gasteiger charge is -2.51. The third-order valence-corrected chi connectivity index (χ3v) is 5.43. The number of methoxy groups -OCH3 is 1. The highest BCUT2D eigenvalue weighted by Gasteiger charge is 2.45. The number of ether oxygens (including phenoxy) is 2.